The van der Waals surface area contributed by atoms with Gasteiger partial charge in [-0.2, -0.15) is 0 Å². The molecule has 7 nitrogen and oxygen atoms in total. The highest BCUT2D eigenvalue weighted by Gasteiger charge is 2.17. The van der Waals surface area contributed by atoms with E-state index in [0.717, 1.165) is 19.3 Å². The fraction of sp³-hybridized carbons (Fsp3) is 0.714. The molecule has 0 aliphatic carbocycles. The maximum absolute atomic E-state index is 11.5. The number of unbranched alkanes of at least 4 members (excludes halogenated alkanes) is 2. The number of carboxylic acid groups (broad SMARTS) is 1. The molecule has 4 N–H and O–H groups in total. The molecule has 0 rings (SSSR count). The first-order chi connectivity index (χ1) is 10.0. The number of rotatable bonds is 12. The third kappa shape index (κ3) is 10.9. The van der Waals surface area contributed by atoms with Gasteiger partial charge in [-0.25, -0.2) is 0 Å². The average molecular weight is 302 g/mol. The summed E-state index contributed by atoms with van der Waals surface area (Å²) in [4.78, 5) is 23.3. The molecule has 0 aliphatic rings. The molecule has 0 heterocycles. The van der Waals surface area contributed by atoms with E-state index in [1.54, 1.807) is 0 Å². The SMILES string of the molecule is CCCC/C=C/CC(=O)NCCN(CC(=O)O)C(O)CO. The first-order valence-electron chi connectivity index (χ1n) is 7.17. The van der Waals surface area contributed by atoms with E-state index in [0.29, 0.717) is 0 Å². The van der Waals surface area contributed by atoms with E-state index in [4.69, 9.17) is 10.2 Å². The Hall–Kier alpha value is -1.44. The molecule has 1 amide bonds. The molecule has 0 aromatic rings. The van der Waals surface area contributed by atoms with Crippen molar-refractivity contribution in [3.8, 4) is 0 Å². The predicted molar refractivity (Wildman–Crippen MR) is 78.6 cm³/mol. The predicted octanol–water partition coefficient (Wildman–Crippen LogP) is -0.0636. The molecule has 0 saturated heterocycles. The van der Waals surface area contributed by atoms with Gasteiger partial charge in [0.05, 0.1) is 13.2 Å². The van der Waals surface area contributed by atoms with Crippen LogP contribution in [0, 0.1) is 0 Å². The van der Waals surface area contributed by atoms with E-state index in [9.17, 15) is 14.7 Å². The average Bonchev–Trinajstić information content (AvgIpc) is 2.44. The van der Waals surface area contributed by atoms with Gasteiger partial charge in [0.1, 0.15) is 6.23 Å². The summed E-state index contributed by atoms with van der Waals surface area (Å²) in [6, 6.07) is 0. The van der Waals surface area contributed by atoms with E-state index >= 15 is 0 Å². The third-order valence-electron chi connectivity index (χ3n) is 2.84. The lowest BCUT2D eigenvalue weighted by atomic mass is 10.2. The van der Waals surface area contributed by atoms with Gasteiger partial charge in [-0.15, -0.1) is 0 Å². The minimum absolute atomic E-state index is 0.152. The number of allylic oxidation sites excluding steroid dienone is 1. The lowest BCUT2D eigenvalue weighted by Crippen LogP contribution is -2.45. The topological polar surface area (TPSA) is 110 Å². The fourth-order valence-electron chi connectivity index (χ4n) is 1.66. The molecule has 0 bridgehead atoms. The molecule has 0 aliphatic heterocycles. The second kappa shape index (κ2) is 12.3. The first kappa shape index (κ1) is 19.6. The van der Waals surface area contributed by atoms with Crippen LogP contribution >= 0.6 is 0 Å². The number of hydrogen-bond donors (Lipinski definition) is 4. The van der Waals surface area contributed by atoms with Crippen molar-refractivity contribution < 1.29 is 24.9 Å². The van der Waals surface area contributed by atoms with Crippen molar-refractivity contribution in [1.82, 2.24) is 10.2 Å². The Balaban J connectivity index is 3.94. The Morgan fingerprint density at radius 1 is 1.33 bits per heavy atom. The van der Waals surface area contributed by atoms with Gasteiger partial charge < -0.3 is 20.6 Å². The molecule has 0 spiro atoms. The number of aliphatic hydroxyl groups excluding tert-OH is 2. The van der Waals surface area contributed by atoms with Crippen LogP contribution in [0.1, 0.15) is 32.6 Å². The van der Waals surface area contributed by atoms with Gasteiger partial charge in [-0.1, -0.05) is 31.9 Å². The van der Waals surface area contributed by atoms with E-state index in [-0.39, 0.29) is 25.4 Å². The van der Waals surface area contributed by atoms with E-state index in [2.05, 4.69) is 12.2 Å². The summed E-state index contributed by atoms with van der Waals surface area (Å²) in [6.45, 7) is 1.52. The summed E-state index contributed by atoms with van der Waals surface area (Å²) < 4.78 is 0. The molecule has 0 radical (unpaired) electrons. The number of hydrogen-bond acceptors (Lipinski definition) is 5. The van der Waals surface area contributed by atoms with Crippen LogP contribution in [0.2, 0.25) is 0 Å². The van der Waals surface area contributed by atoms with Gasteiger partial charge >= 0.3 is 5.97 Å². The minimum Gasteiger partial charge on any atom is -0.480 e. The van der Waals surface area contributed by atoms with Crippen molar-refractivity contribution in [2.45, 2.75) is 38.8 Å². The van der Waals surface area contributed by atoms with E-state index in [1.807, 2.05) is 12.2 Å². The highest BCUT2D eigenvalue weighted by Crippen LogP contribution is 1.97. The van der Waals surface area contributed by atoms with Crippen LogP contribution in [0.4, 0.5) is 0 Å². The van der Waals surface area contributed by atoms with Crippen molar-refractivity contribution >= 4 is 11.9 Å². The van der Waals surface area contributed by atoms with Crippen LogP contribution in [0.25, 0.3) is 0 Å². The number of aliphatic hydroxyl groups is 2. The molecule has 0 aromatic carbocycles. The van der Waals surface area contributed by atoms with E-state index in [1.165, 1.54) is 4.90 Å². The molecule has 122 valence electrons. The van der Waals surface area contributed by atoms with Crippen LogP contribution in [0.3, 0.4) is 0 Å². The second-order valence-electron chi connectivity index (χ2n) is 4.70. The number of amides is 1. The molecule has 0 fully saturated rings. The van der Waals surface area contributed by atoms with Gasteiger partial charge in [0.2, 0.25) is 5.91 Å². The maximum atomic E-state index is 11.5. The highest BCUT2D eigenvalue weighted by molar-refractivity contribution is 5.77. The lowest BCUT2D eigenvalue weighted by molar-refractivity contribution is -0.142. The van der Waals surface area contributed by atoms with Crippen LogP contribution in [0.15, 0.2) is 12.2 Å². The maximum Gasteiger partial charge on any atom is 0.317 e. The molecule has 1 unspecified atom stereocenters. The Morgan fingerprint density at radius 2 is 2.05 bits per heavy atom. The molecular formula is C14H26N2O5. The monoisotopic (exact) mass is 302 g/mol. The Kier molecular flexibility index (Phi) is 11.5. The van der Waals surface area contributed by atoms with Gasteiger partial charge in [-0.05, 0) is 6.42 Å². The zero-order valence-electron chi connectivity index (χ0n) is 12.5. The summed E-state index contributed by atoms with van der Waals surface area (Å²) in [5.74, 6) is -1.26. The molecule has 0 saturated carbocycles. The zero-order chi connectivity index (χ0) is 16.1. The zero-order valence-corrected chi connectivity index (χ0v) is 12.5. The molecule has 1 atom stereocenters. The number of carbonyl (C=O) groups is 2. The molecule has 21 heavy (non-hydrogen) atoms. The quantitative estimate of drug-likeness (QED) is 0.228. The smallest absolute Gasteiger partial charge is 0.317 e. The third-order valence-corrected chi connectivity index (χ3v) is 2.84. The summed E-state index contributed by atoms with van der Waals surface area (Å²) in [5.41, 5.74) is 0. The normalized spacial score (nSPS) is 12.8. The second-order valence-corrected chi connectivity index (χ2v) is 4.70. The van der Waals surface area contributed by atoms with Crippen molar-refractivity contribution in [2.24, 2.45) is 0 Å². The number of carbonyl (C=O) groups excluding carboxylic acids is 1. The summed E-state index contributed by atoms with van der Waals surface area (Å²) in [7, 11) is 0. The number of nitrogens with zero attached hydrogens (tertiary/aromatic N) is 1. The molecular weight excluding hydrogens is 276 g/mol. The number of aliphatic carboxylic acids is 1. The minimum atomic E-state index is -1.24. The lowest BCUT2D eigenvalue weighted by Gasteiger charge is -2.24. The Bertz CT molecular complexity index is 333. The van der Waals surface area contributed by atoms with Crippen LogP contribution < -0.4 is 5.32 Å². The van der Waals surface area contributed by atoms with Crippen LogP contribution in [0.5, 0.6) is 0 Å². The standard InChI is InChI=1S/C14H26N2O5/c1-2-3-4-5-6-7-12(18)15-8-9-16(10-14(20)21)13(19)11-17/h5-6,13,17,19H,2-4,7-11H2,1H3,(H,15,18)(H,20,21)/b6-5+. The van der Waals surface area contributed by atoms with Crippen molar-refractivity contribution in [3.05, 3.63) is 12.2 Å². The van der Waals surface area contributed by atoms with Crippen molar-refractivity contribution in [1.29, 1.82) is 0 Å². The van der Waals surface area contributed by atoms with E-state index < -0.39 is 25.3 Å². The van der Waals surface area contributed by atoms with Gasteiger partial charge in [0.25, 0.3) is 0 Å². The summed E-state index contributed by atoms with van der Waals surface area (Å²) in [5, 5.41) is 29.6. The van der Waals surface area contributed by atoms with Crippen LogP contribution in [-0.2, 0) is 9.59 Å². The Labute approximate surface area is 125 Å². The van der Waals surface area contributed by atoms with Gasteiger partial charge in [0, 0.05) is 19.5 Å². The Morgan fingerprint density at radius 3 is 2.62 bits per heavy atom. The first-order valence-corrected chi connectivity index (χ1v) is 7.17. The number of carboxylic acids is 1. The molecule has 7 heteroatoms. The summed E-state index contributed by atoms with van der Waals surface area (Å²) in [6.07, 6.45) is 5.99. The van der Waals surface area contributed by atoms with Crippen molar-refractivity contribution in [2.75, 3.05) is 26.2 Å². The largest absolute Gasteiger partial charge is 0.480 e. The van der Waals surface area contributed by atoms with Crippen molar-refractivity contribution in [3.63, 3.8) is 0 Å². The molecule has 0 aromatic heterocycles. The van der Waals surface area contributed by atoms with Gasteiger partial charge in [0.15, 0.2) is 0 Å². The number of nitrogens with one attached hydrogen (secondary N) is 1. The summed E-state index contributed by atoms with van der Waals surface area (Å²) >= 11 is 0. The van der Waals surface area contributed by atoms with Gasteiger partial charge in [-0.3, -0.25) is 14.5 Å². The van der Waals surface area contributed by atoms with Crippen LogP contribution in [-0.4, -0.2) is 64.6 Å². The highest BCUT2D eigenvalue weighted by atomic mass is 16.4. The fourth-order valence-corrected chi connectivity index (χ4v) is 1.66.